The molecule has 0 bridgehead atoms. The third-order valence-corrected chi connectivity index (χ3v) is 3.09. The molecule has 0 saturated heterocycles. The average molecular weight is 294 g/mol. The minimum Gasteiger partial charge on any atom is -0.419 e. The maximum Gasteiger partial charge on any atom is 0.251 e. The minimum absolute atomic E-state index is 0.180. The van der Waals surface area contributed by atoms with Crippen molar-refractivity contribution in [2.24, 2.45) is 0 Å². The molecule has 0 atom stereocenters. The van der Waals surface area contributed by atoms with Gasteiger partial charge in [-0.1, -0.05) is 17.7 Å². The lowest BCUT2D eigenvalue weighted by Crippen LogP contribution is -2.22. The van der Waals surface area contributed by atoms with E-state index in [0.29, 0.717) is 17.3 Å². The number of hydrogen-bond donors (Lipinski definition) is 1. The van der Waals surface area contributed by atoms with Gasteiger partial charge in [0.2, 0.25) is 11.8 Å². The SMILES string of the molecule is Cc1ccc(C(=O)NCc2nnc(-c3cccnc3)o2)cc1. The van der Waals surface area contributed by atoms with Crippen molar-refractivity contribution >= 4 is 5.91 Å². The molecule has 110 valence electrons. The summed E-state index contributed by atoms with van der Waals surface area (Å²) in [5.74, 6) is 0.549. The van der Waals surface area contributed by atoms with E-state index in [1.807, 2.05) is 25.1 Å². The van der Waals surface area contributed by atoms with Crippen LogP contribution in [0.15, 0.2) is 53.2 Å². The van der Waals surface area contributed by atoms with E-state index in [1.54, 1.807) is 30.6 Å². The molecule has 2 heterocycles. The highest BCUT2D eigenvalue weighted by Gasteiger charge is 2.10. The molecule has 0 spiro atoms. The molecular formula is C16H14N4O2. The number of aryl methyl sites for hydroxylation is 1. The zero-order valence-corrected chi connectivity index (χ0v) is 12.0. The highest BCUT2D eigenvalue weighted by atomic mass is 16.4. The second-order valence-corrected chi connectivity index (χ2v) is 4.79. The van der Waals surface area contributed by atoms with E-state index in [-0.39, 0.29) is 12.5 Å². The van der Waals surface area contributed by atoms with Crippen LogP contribution in [0.5, 0.6) is 0 Å². The van der Waals surface area contributed by atoms with Crippen LogP contribution in [-0.2, 0) is 6.54 Å². The lowest BCUT2D eigenvalue weighted by Gasteiger charge is -2.02. The number of carbonyl (C=O) groups is 1. The summed E-state index contributed by atoms with van der Waals surface area (Å²) in [7, 11) is 0. The van der Waals surface area contributed by atoms with Crippen LogP contribution in [0.3, 0.4) is 0 Å². The van der Waals surface area contributed by atoms with E-state index in [2.05, 4.69) is 20.5 Å². The summed E-state index contributed by atoms with van der Waals surface area (Å²) >= 11 is 0. The van der Waals surface area contributed by atoms with Gasteiger partial charge in [-0.15, -0.1) is 10.2 Å². The standard InChI is InChI=1S/C16H14N4O2/c1-11-4-6-12(7-5-11)15(21)18-10-14-19-20-16(22-14)13-3-2-8-17-9-13/h2-9H,10H2,1H3,(H,18,21). The van der Waals surface area contributed by atoms with Crippen LogP contribution in [0.2, 0.25) is 0 Å². The molecule has 0 fully saturated rings. The molecule has 0 aliphatic heterocycles. The Kier molecular flexibility index (Phi) is 3.91. The zero-order chi connectivity index (χ0) is 15.4. The second-order valence-electron chi connectivity index (χ2n) is 4.79. The Morgan fingerprint density at radius 2 is 2.00 bits per heavy atom. The predicted octanol–water partition coefficient (Wildman–Crippen LogP) is 2.37. The Balaban J connectivity index is 1.64. The Morgan fingerprint density at radius 3 is 2.73 bits per heavy atom. The van der Waals surface area contributed by atoms with Gasteiger partial charge in [0, 0.05) is 18.0 Å². The Hall–Kier alpha value is -3.02. The van der Waals surface area contributed by atoms with Crippen LogP contribution in [0.4, 0.5) is 0 Å². The van der Waals surface area contributed by atoms with Crippen LogP contribution in [0.1, 0.15) is 21.8 Å². The summed E-state index contributed by atoms with van der Waals surface area (Å²) in [4.78, 5) is 16.0. The van der Waals surface area contributed by atoms with Gasteiger partial charge in [0.1, 0.15) is 0 Å². The van der Waals surface area contributed by atoms with Crippen LogP contribution in [0, 0.1) is 6.92 Å². The number of hydrogen-bond acceptors (Lipinski definition) is 5. The molecule has 1 amide bonds. The number of benzene rings is 1. The fourth-order valence-corrected chi connectivity index (χ4v) is 1.89. The first-order chi connectivity index (χ1) is 10.7. The van der Waals surface area contributed by atoms with Gasteiger partial charge in [-0.3, -0.25) is 9.78 Å². The van der Waals surface area contributed by atoms with Crippen molar-refractivity contribution in [3.63, 3.8) is 0 Å². The molecule has 0 saturated carbocycles. The summed E-state index contributed by atoms with van der Waals surface area (Å²) in [5, 5.41) is 10.6. The Labute approximate surface area is 127 Å². The molecule has 6 heteroatoms. The van der Waals surface area contributed by atoms with Gasteiger partial charge in [-0.25, -0.2) is 0 Å². The summed E-state index contributed by atoms with van der Waals surface area (Å²) in [6, 6.07) is 11.0. The first kappa shape index (κ1) is 13.9. The van der Waals surface area contributed by atoms with Crippen LogP contribution in [-0.4, -0.2) is 21.1 Å². The van der Waals surface area contributed by atoms with Gasteiger partial charge in [0.25, 0.3) is 5.91 Å². The van der Waals surface area contributed by atoms with Gasteiger partial charge in [-0.05, 0) is 31.2 Å². The van der Waals surface area contributed by atoms with Crippen LogP contribution < -0.4 is 5.32 Å². The fraction of sp³-hybridized carbons (Fsp3) is 0.125. The first-order valence-corrected chi connectivity index (χ1v) is 6.80. The molecule has 3 rings (SSSR count). The number of carbonyl (C=O) groups excluding carboxylic acids is 1. The van der Waals surface area contributed by atoms with Crippen molar-refractivity contribution in [3.05, 3.63) is 65.8 Å². The molecule has 0 radical (unpaired) electrons. The number of aromatic nitrogens is 3. The number of nitrogens with one attached hydrogen (secondary N) is 1. The molecule has 0 unspecified atom stereocenters. The highest BCUT2D eigenvalue weighted by molar-refractivity contribution is 5.94. The molecule has 0 aliphatic carbocycles. The van der Waals surface area contributed by atoms with Gasteiger partial charge in [0.15, 0.2) is 0 Å². The van der Waals surface area contributed by atoms with Crippen molar-refractivity contribution in [2.45, 2.75) is 13.5 Å². The van der Waals surface area contributed by atoms with Crippen LogP contribution >= 0.6 is 0 Å². The third-order valence-electron chi connectivity index (χ3n) is 3.09. The van der Waals surface area contributed by atoms with E-state index in [9.17, 15) is 4.79 Å². The van der Waals surface area contributed by atoms with E-state index in [0.717, 1.165) is 11.1 Å². The maximum atomic E-state index is 12.0. The van der Waals surface area contributed by atoms with Crippen molar-refractivity contribution in [2.75, 3.05) is 0 Å². The molecule has 22 heavy (non-hydrogen) atoms. The lowest BCUT2D eigenvalue weighted by atomic mass is 10.1. The van der Waals surface area contributed by atoms with Gasteiger partial charge in [0.05, 0.1) is 12.1 Å². The van der Waals surface area contributed by atoms with Crippen molar-refractivity contribution < 1.29 is 9.21 Å². The minimum atomic E-state index is -0.180. The van der Waals surface area contributed by atoms with Crippen molar-refractivity contribution in [1.82, 2.24) is 20.5 Å². The van der Waals surface area contributed by atoms with Crippen LogP contribution in [0.25, 0.3) is 11.5 Å². The lowest BCUT2D eigenvalue weighted by molar-refractivity contribution is 0.0947. The fourth-order valence-electron chi connectivity index (χ4n) is 1.89. The van der Waals surface area contributed by atoms with E-state index < -0.39 is 0 Å². The molecule has 1 N–H and O–H groups in total. The smallest absolute Gasteiger partial charge is 0.251 e. The molecule has 1 aromatic carbocycles. The summed E-state index contributed by atoms with van der Waals surface area (Å²) < 4.78 is 5.50. The van der Waals surface area contributed by atoms with Gasteiger partial charge in [-0.2, -0.15) is 0 Å². The van der Waals surface area contributed by atoms with Gasteiger partial charge >= 0.3 is 0 Å². The van der Waals surface area contributed by atoms with Crippen molar-refractivity contribution in [1.29, 1.82) is 0 Å². The normalized spacial score (nSPS) is 10.4. The number of rotatable bonds is 4. The number of pyridine rings is 1. The third kappa shape index (κ3) is 3.17. The Bertz CT molecular complexity index is 766. The topological polar surface area (TPSA) is 80.9 Å². The molecule has 6 nitrogen and oxygen atoms in total. The summed E-state index contributed by atoms with van der Waals surface area (Å²) in [6.07, 6.45) is 3.31. The predicted molar refractivity (Wildman–Crippen MR) is 79.9 cm³/mol. The van der Waals surface area contributed by atoms with E-state index in [1.165, 1.54) is 0 Å². The first-order valence-electron chi connectivity index (χ1n) is 6.80. The van der Waals surface area contributed by atoms with E-state index >= 15 is 0 Å². The van der Waals surface area contributed by atoms with Crippen molar-refractivity contribution in [3.8, 4) is 11.5 Å². The average Bonchev–Trinajstić information content (AvgIpc) is 3.03. The molecule has 3 aromatic rings. The summed E-state index contributed by atoms with van der Waals surface area (Å²) in [6.45, 7) is 2.15. The molecule has 2 aromatic heterocycles. The molecule has 0 aliphatic rings. The molecular weight excluding hydrogens is 280 g/mol. The zero-order valence-electron chi connectivity index (χ0n) is 12.0. The van der Waals surface area contributed by atoms with E-state index in [4.69, 9.17) is 4.42 Å². The maximum absolute atomic E-state index is 12.0. The number of amides is 1. The number of nitrogens with zero attached hydrogens (tertiary/aromatic N) is 3. The monoisotopic (exact) mass is 294 g/mol. The highest BCUT2D eigenvalue weighted by Crippen LogP contribution is 2.15. The quantitative estimate of drug-likeness (QED) is 0.799. The second kappa shape index (κ2) is 6.17. The van der Waals surface area contributed by atoms with Gasteiger partial charge < -0.3 is 9.73 Å². The Morgan fingerprint density at radius 1 is 1.18 bits per heavy atom. The summed E-state index contributed by atoms with van der Waals surface area (Å²) in [5.41, 5.74) is 2.44. The largest absolute Gasteiger partial charge is 0.419 e.